The van der Waals surface area contributed by atoms with Gasteiger partial charge in [-0.25, -0.2) is 9.87 Å². The summed E-state index contributed by atoms with van der Waals surface area (Å²) in [4.78, 5) is 28.1. The highest BCUT2D eigenvalue weighted by Crippen LogP contribution is 2.08. The molecule has 2 amide bonds. The van der Waals surface area contributed by atoms with Gasteiger partial charge in [-0.15, -0.1) is 0 Å². The highest BCUT2D eigenvalue weighted by Gasteiger charge is 2.25. The summed E-state index contributed by atoms with van der Waals surface area (Å²) in [5.74, 6) is -1.91. The molecule has 0 bridgehead atoms. The van der Waals surface area contributed by atoms with Crippen molar-refractivity contribution in [1.29, 1.82) is 0 Å². The molecule has 1 aromatic rings. The highest BCUT2D eigenvalue weighted by molar-refractivity contribution is 5.97. The van der Waals surface area contributed by atoms with Crippen LogP contribution < -0.4 is 10.8 Å². The molecule has 1 rings (SSSR count). The minimum Gasteiger partial charge on any atom is -0.340 e. The Bertz CT molecular complexity index is 463. The third-order valence-electron chi connectivity index (χ3n) is 2.56. The number of hydrogen-bond acceptors (Lipinski definition) is 3. The van der Waals surface area contributed by atoms with E-state index in [-0.39, 0.29) is 11.5 Å². The average molecular weight is 268 g/mol. The fraction of sp³-hybridized carbons (Fsp3) is 0.385. The number of carbonyl (C=O) groups is 2. The first-order chi connectivity index (χ1) is 8.97. The van der Waals surface area contributed by atoms with Crippen LogP contribution in [0.5, 0.6) is 0 Å². The first-order valence-corrected chi connectivity index (χ1v) is 5.85. The van der Waals surface area contributed by atoms with Crippen LogP contribution in [0.4, 0.5) is 4.39 Å². The molecule has 2 N–H and O–H groups in total. The molecule has 0 aromatic heterocycles. The van der Waals surface area contributed by atoms with E-state index in [1.54, 1.807) is 19.9 Å². The van der Waals surface area contributed by atoms with Gasteiger partial charge in [0.25, 0.3) is 11.8 Å². The SMILES string of the molecule is CONC(=O)[C@H](NC(=O)c1ccccc1F)C(C)C. The second-order valence-corrected chi connectivity index (χ2v) is 4.35. The Morgan fingerprint density at radius 2 is 1.89 bits per heavy atom. The van der Waals surface area contributed by atoms with Crippen LogP contribution in [0.2, 0.25) is 0 Å². The van der Waals surface area contributed by atoms with Gasteiger partial charge in [0, 0.05) is 0 Å². The zero-order valence-corrected chi connectivity index (χ0v) is 11.1. The molecule has 0 saturated carbocycles. The fourth-order valence-corrected chi connectivity index (χ4v) is 1.56. The number of benzene rings is 1. The van der Waals surface area contributed by atoms with Gasteiger partial charge in [0.15, 0.2) is 0 Å². The summed E-state index contributed by atoms with van der Waals surface area (Å²) >= 11 is 0. The lowest BCUT2D eigenvalue weighted by Gasteiger charge is -2.21. The standard InChI is InChI=1S/C13H17FN2O3/c1-8(2)11(13(18)16-19-3)15-12(17)9-6-4-5-7-10(9)14/h4-8,11H,1-3H3,(H,15,17)(H,16,18)/t11-/m1/s1. The molecular weight excluding hydrogens is 251 g/mol. The number of hydroxylamine groups is 1. The second kappa shape index (κ2) is 6.84. The van der Waals surface area contributed by atoms with Crippen LogP contribution in [0.1, 0.15) is 24.2 Å². The number of nitrogens with one attached hydrogen (secondary N) is 2. The van der Waals surface area contributed by atoms with E-state index in [1.165, 1.54) is 25.3 Å². The largest absolute Gasteiger partial charge is 0.340 e. The molecule has 0 spiro atoms. The van der Waals surface area contributed by atoms with Gasteiger partial charge in [-0.2, -0.15) is 0 Å². The van der Waals surface area contributed by atoms with Crippen molar-refractivity contribution in [1.82, 2.24) is 10.8 Å². The van der Waals surface area contributed by atoms with E-state index < -0.39 is 23.7 Å². The Hall–Kier alpha value is -1.95. The lowest BCUT2D eigenvalue weighted by molar-refractivity contribution is -0.134. The van der Waals surface area contributed by atoms with Crippen molar-refractivity contribution in [2.75, 3.05) is 7.11 Å². The molecule has 19 heavy (non-hydrogen) atoms. The molecule has 1 atom stereocenters. The van der Waals surface area contributed by atoms with Gasteiger partial charge in [0.05, 0.1) is 12.7 Å². The molecule has 0 heterocycles. The molecule has 0 aliphatic carbocycles. The van der Waals surface area contributed by atoms with Crippen LogP contribution in [-0.4, -0.2) is 25.0 Å². The lowest BCUT2D eigenvalue weighted by Crippen LogP contribution is -2.49. The van der Waals surface area contributed by atoms with Crippen LogP contribution in [-0.2, 0) is 9.63 Å². The Labute approximate surface area is 111 Å². The summed E-state index contributed by atoms with van der Waals surface area (Å²) in [6.45, 7) is 3.53. The number of carbonyl (C=O) groups excluding carboxylic acids is 2. The van der Waals surface area contributed by atoms with Crippen LogP contribution >= 0.6 is 0 Å². The summed E-state index contributed by atoms with van der Waals surface area (Å²) < 4.78 is 13.5. The summed E-state index contributed by atoms with van der Waals surface area (Å²) in [7, 11) is 1.30. The maximum absolute atomic E-state index is 13.5. The lowest BCUT2D eigenvalue weighted by atomic mass is 10.0. The topological polar surface area (TPSA) is 67.4 Å². The fourth-order valence-electron chi connectivity index (χ4n) is 1.56. The van der Waals surface area contributed by atoms with Crippen molar-refractivity contribution in [3.63, 3.8) is 0 Å². The van der Waals surface area contributed by atoms with E-state index in [0.29, 0.717) is 0 Å². The summed E-state index contributed by atoms with van der Waals surface area (Å²) in [6.07, 6.45) is 0. The van der Waals surface area contributed by atoms with E-state index in [2.05, 4.69) is 15.6 Å². The Kier molecular flexibility index (Phi) is 5.44. The maximum Gasteiger partial charge on any atom is 0.266 e. The first-order valence-electron chi connectivity index (χ1n) is 5.85. The average Bonchev–Trinajstić information content (AvgIpc) is 2.36. The molecule has 0 saturated heterocycles. The van der Waals surface area contributed by atoms with Gasteiger partial charge in [0.2, 0.25) is 0 Å². The molecule has 0 radical (unpaired) electrons. The van der Waals surface area contributed by atoms with Crippen molar-refractivity contribution in [2.24, 2.45) is 5.92 Å². The number of hydrogen-bond donors (Lipinski definition) is 2. The van der Waals surface area contributed by atoms with Crippen molar-refractivity contribution in [3.8, 4) is 0 Å². The summed E-state index contributed by atoms with van der Waals surface area (Å²) in [5, 5.41) is 2.49. The van der Waals surface area contributed by atoms with Crippen molar-refractivity contribution < 1.29 is 18.8 Å². The Balaban J connectivity index is 2.83. The summed E-state index contributed by atoms with van der Waals surface area (Å²) in [6, 6.07) is 4.79. The van der Waals surface area contributed by atoms with Crippen molar-refractivity contribution in [2.45, 2.75) is 19.9 Å². The Morgan fingerprint density at radius 1 is 1.26 bits per heavy atom. The molecule has 0 aliphatic rings. The van der Waals surface area contributed by atoms with Crippen LogP contribution in [0.3, 0.4) is 0 Å². The minimum atomic E-state index is -0.799. The molecule has 0 aliphatic heterocycles. The van der Waals surface area contributed by atoms with Crippen LogP contribution in [0, 0.1) is 11.7 Å². The first kappa shape index (κ1) is 15.1. The van der Waals surface area contributed by atoms with E-state index in [0.717, 1.165) is 0 Å². The predicted octanol–water partition coefficient (Wildman–Crippen LogP) is 1.26. The quantitative estimate of drug-likeness (QED) is 0.790. The molecule has 0 fully saturated rings. The third kappa shape index (κ3) is 4.03. The maximum atomic E-state index is 13.5. The molecule has 0 unspecified atom stereocenters. The summed E-state index contributed by atoms with van der Waals surface area (Å²) in [5.41, 5.74) is 2.05. The van der Waals surface area contributed by atoms with Crippen LogP contribution in [0.15, 0.2) is 24.3 Å². The number of rotatable bonds is 5. The predicted molar refractivity (Wildman–Crippen MR) is 67.6 cm³/mol. The van der Waals surface area contributed by atoms with Crippen LogP contribution in [0.25, 0.3) is 0 Å². The van der Waals surface area contributed by atoms with Gasteiger partial charge >= 0.3 is 0 Å². The monoisotopic (exact) mass is 268 g/mol. The highest BCUT2D eigenvalue weighted by atomic mass is 19.1. The smallest absolute Gasteiger partial charge is 0.266 e. The third-order valence-corrected chi connectivity index (χ3v) is 2.56. The molecule has 5 nitrogen and oxygen atoms in total. The van der Waals surface area contributed by atoms with E-state index in [9.17, 15) is 14.0 Å². The molecular formula is C13H17FN2O3. The normalized spacial score (nSPS) is 12.1. The van der Waals surface area contributed by atoms with E-state index in [1.807, 2.05) is 0 Å². The van der Waals surface area contributed by atoms with Gasteiger partial charge in [-0.1, -0.05) is 26.0 Å². The van der Waals surface area contributed by atoms with E-state index >= 15 is 0 Å². The van der Waals surface area contributed by atoms with Crippen molar-refractivity contribution >= 4 is 11.8 Å². The molecule has 1 aromatic carbocycles. The van der Waals surface area contributed by atoms with Gasteiger partial charge < -0.3 is 5.32 Å². The number of amides is 2. The number of halogens is 1. The minimum absolute atomic E-state index is 0.0987. The van der Waals surface area contributed by atoms with Gasteiger partial charge in [-0.3, -0.25) is 14.4 Å². The van der Waals surface area contributed by atoms with Gasteiger partial charge in [-0.05, 0) is 18.1 Å². The molecule has 6 heteroatoms. The second-order valence-electron chi connectivity index (χ2n) is 4.35. The van der Waals surface area contributed by atoms with E-state index in [4.69, 9.17) is 0 Å². The zero-order valence-electron chi connectivity index (χ0n) is 11.1. The van der Waals surface area contributed by atoms with Crippen molar-refractivity contribution in [3.05, 3.63) is 35.6 Å². The Morgan fingerprint density at radius 3 is 2.42 bits per heavy atom. The zero-order chi connectivity index (χ0) is 14.4. The molecule has 104 valence electrons. The van der Waals surface area contributed by atoms with Gasteiger partial charge in [0.1, 0.15) is 11.9 Å².